The minimum absolute atomic E-state index is 0.102. The van der Waals surface area contributed by atoms with Gasteiger partial charge in [0.1, 0.15) is 24.1 Å². The molecule has 0 aromatic heterocycles. The zero-order valence-electron chi connectivity index (χ0n) is 18.6. The Hall–Kier alpha value is -1.06. The van der Waals surface area contributed by atoms with Gasteiger partial charge in [-0.1, -0.05) is 6.92 Å². The van der Waals surface area contributed by atoms with E-state index in [0.717, 1.165) is 57.8 Å². The quantitative estimate of drug-likeness (QED) is 0.473. The minimum Gasteiger partial charge on any atom is -0.479 e. The summed E-state index contributed by atoms with van der Waals surface area (Å²) in [6.45, 7) is 2.20. The number of carbonyl (C=O) groups is 2. The molecule has 5 aliphatic rings. The van der Waals surface area contributed by atoms with Crippen molar-refractivity contribution in [2.45, 2.75) is 102 Å². The number of rotatable bonds is 3. The van der Waals surface area contributed by atoms with Crippen molar-refractivity contribution in [1.82, 2.24) is 0 Å². The van der Waals surface area contributed by atoms with Gasteiger partial charge in [-0.15, -0.1) is 0 Å². The van der Waals surface area contributed by atoms with Crippen molar-refractivity contribution in [2.75, 3.05) is 0 Å². The Morgan fingerprint density at radius 3 is 2.47 bits per heavy atom. The zero-order valence-corrected chi connectivity index (χ0v) is 18.6. The van der Waals surface area contributed by atoms with Gasteiger partial charge in [0.25, 0.3) is 0 Å². The number of hydrogen-bond donors (Lipinski definition) is 4. The fraction of sp³-hybridized carbons (Fsp3) is 0.917. The molecule has 0 radical (unpaired) electrons. The Balaban J connectivity index is 1.22. The molecule has 180 valence electrons. The lowest BCUT2D eigenvalue weighted by atomic mass is 9.50. The average molecular weight is 453 g/mol. The number of carboxylic acid groups (broad SMARTS) is 1. The van der Waals surface area contributed by atoms with Gasteiger partial charge in [-0.25, -0.2) is 4.79 Å². The van der Waals surface area contributed by atoms with Crippen LogP contribution in [-0.2, 0) is 19.1 Å². The third kappa shape index (κ3) is 3.54. The Bertz CT molecular complexity index is 756. The van der Waals surface area contributed by atoms with E-state index in [1.165, 1.54) is 0 Å². The highest BCUT2D eigenvalue weighted by atomic mass is 16.7. The van der Waals surface area contributed by atoms with Crippen molar-refractivity contribution in [1.29, 1.82) is 0 Å². The largest absolute Gasteiger partial charge is 0.479 e. The number of hydrogen-bond acceptors (Lipinski definition) is 7. The summed E-state index contributed by atoms with van der Waals surface area (Å²) in [5, 5.41) is 39.4. The predicted octanol–water partition coefficient (Wildman–Crippen LogP) is 1.49. The van der Waals surface area contributed by atoms with Crippen LogP contribution in [0, 0.1) is 35.0 Å². The van der Waals surface area contributed by atoms with E-state index in [4.69, 9.17) is 9.47 Å². The van der Waals surface area contributed by atoms with E-state index in [9.17, 15) is 30.0 Å². The van der Waals surface area contributed by atoms with E-state index in [1.807, 2.05) is 0 Å². The Kier molecular flexibility index (Phi) is 5.90. The first-order valence-electron chi connectivity index (χ1n) is 12.3. The van der Waals surface area contributed by atoms with E-state index in [-0.39, 0.29) is 11.5 Å². The second kappa shape index (κ2) is 8.31. The van der Waals surface area contributed by atoms with Gasteiger partial charge >= 0.3 is 5.97 Å². The molecule has 0 aromatic rings. The van der Waals surface area contributed by atoms with Crippen LogP contribution in [0.3, 0.4) is 0 Å². The van der Waals surface area contributed by atoms with Gasteiger partial charge in [-0.2, -0.15) is 0 Å². The molecule has 0 spiro atoms. The van der Waals surface area contributed by atoms with Crippen molar-refractivity contribution in [3.8, 4) is 0 Å². The maximum atomic E-state index is 12.5. The molecule has 4 N–H and O–H groups in total. The second-order valence-corrected chi connectivity index (χ2v) is 11.2. The Morgan fingerprint density at radius 1 is 0.969 bits per heavy atom. The van der Waals surface area contributed by atoms with E-state index in [1.54, 1.807) is 0 Å². The molecular weight excluding hydrogens is 416 g/mol. The fourth-order valence-corrected chi connectivity index (χ4v) is 8.06. The van der Waals surface area contributed by atoms with Crippen molar-refractivity contribution in [2.24, 2.45) is 35.0 Å². The maximum Gasteiger partial charge on any atom is 0.335 e. The summed E-state index contributed by atoms with van der Waals surface area (Å²) in [4.78, 5) is 23.9. The van der Waals surface area contributed by atoms with Crippen LogP contribution in [0.2, 0.25) is 0 Å². The SMILES string of the molecule is C[C@]12CC[C@H]3[C@@H](CCC4C[C@@H](OC5O[C@H](C(=O)O)[C@@H](O)[C@H](O)[C@H]5O)CC[C@@H]43)[C@@H]1CCC2=O. The minimum atomic E-state index is -1.70. The van der Waals surface area contributed by atoms with Gasteiger partial charge in [0.05, 0.1) is 6.10 Å². The summed E-state index contributed by atoms with van der Waals surface area (Å²) >= 11 is 0. The lowest BCUT2D eigenvalue weighted by molar-refractivity contribution is -0.308. The first-order valence-corrected chi connectivity index (χ1v) is 12.3. The molecule has 0 amide bonds. The summed E-state index contributed by atoms with van der Waals surface area (Å²) in [7, 11) is 0. The molecular formula is C24H36O8. The van der Waals surface area contributed by atoms with Crippen LogP contribution in [0.15, 0.2) is 0 Å². The number of fused-ring (bicyclic) bond motifs is 5. The molecule has 5 fully saturated rings. The number of aliphatic carboxylic acids is 1. The molecule has 4 saturated carbocycles. The van der Waals surface area contributed by atoms with Crippen molar-refractivity contribution >= 4 is 11.8 Å². The first-order chi connectivity index (χ1) is 15.2. The lowest BCUT2D eigenvalue weighted by Gasteiger charge is -2.55. The van der Waals surface area contributed by atoms with Gasteiger partial charge in [0.2, 0.25) is 0 Å². The number of carboxylic acids is 1. The third-order valence-corrected chi connectivity index (χ3v) is 9.75. The van der Waals surface area contributed by atoms with Gasteiger partial charge in [0.15, 0.2) is 12.4 Å². The first kappa shape index (κ1) is 22.7. The molecule has 1 aliphatic heterocycles. The van der Waals surface area contributed by atoms with E-state index >= 15 is 0 Å². The van der Waals surface area contributed by atoms with Crippen LogP contribution < -0.4 is 0 Å². The molecule has 2 unspecified atom stereocenters. The summed E-state index contributed by atoms with van der Waals surface area (Å²) < 4.78 is 11.3. The van der Waals surface area contributed by atoms with Crippen LogP contribution in [0.4, 0.5) is 0 Å². The number of aliphatic hydroxyl groups excluding tert-OH is 3. The number of aliphatic hydroxyl groups is 3. The highest BCUT2D eigenvalue weighted by Crippen LogP contribution is 2.61. The Morgan fingerprint density at radius 2 is 1.72 bits per heavy atom. The van der Waals surface area contributed by atoms with Crippen molar-refractivity contribution in [3.63, 3.8) is 0 Å². The van der Waals surface area contributed by atoms with E-state index < -0.39 is 36.7 Å². The van der Waals surface area contributed by atoms with Crippen LogP contribution in [0.5, 0.6) is 0 Å². The summed E-state index contributed by atoms with van der Waals surface area (Å²) in [5.74, 6) is 2.08. The molecule has 0 aromatic carbocycles. The molecule has 4 aliphatic carbocycles. The highest BCUT2D eigenvalue weighted by molar-refractivity contribution is 5.87. The average Bonchev–Trinajstić information content (AvgIpc) is 3.08. The molecule has 5 rings (SSSR count). The van der Waals surface area contributed by atoms with Gasteiger partial charge in [0, 0.05) is 11.8 Å². The topological polar surface area (TPSA) is 134 Å². The molecule has 8 nitrogen and oxygen atoms in total. The van der Waals surface area contributed by atoms with E-state index in [0.29, 0.717) is 35.4 Å². The molecule has 1 heterocycles. The van der Waals surface area contributed by atoms with Crippen molar-refractivity contribution in [3.05, 3.63) is 0 Å². The smallest absolute Gasteiger partial charge is 0.335 e. The Labute approximate surface area is 188 Å². The van der Waals surface area contributed by atoms with Crippen molar-refractivity contribution < 1.29 is 39.5 Å². The molecule has 0 bridgehead atoms. The molecule has 32 heavy (non-hydrogen) atoms. The number of ketones is 1. The number of Topliss-reactive ketones (excluding diaryl/α,β-unsaturated/α-hetero) is 1. The monoisotopic (exact) mass is 452 g/mol. The standard InChI is InChI=1S/C24H36O8/c1-24-9-8-14-13-5-3-12(10-11(13)2-4-15(14)16(24)6-7-17(24)25)31-23-20(28)18(26)19(27)21(32-23)22(29)30/h11-16,18-21,23,26-28H,2-10H2,1H3,(H,29,30)/t11?,12-,13-,14+,15+,16-,18-,19-,20+,21-,23?,24-/m0/s1. The van der Waals surface area contributed by atoms with Crippen LogP contribution >= 0.6 is 0 Å². The summed E-state index contributed by atoms with van der Waals surface area (Å²) in [5.41, 5.74) is -0.102. The lowest BCUT2D eigenvalue weighted by Crippen LogP contribution is -2.61. The number of ether oxygens (including phenoxy) is 2. The van der Waals surface area contributed by atoms with Crippen LogP contribution in [-0.4, -0.2) is 69.0 Å². The second-order valence-electron chi connectivity index (χ2n) is 11.2. The normalized spacial score (nSPS) is 53.2. The van der Waals surface area contributed by atoms with Gasteiger partial charge < -0.3 is 29.9 Å². The maximum absolute atomic E-state index is 12.5. The fourth-order valence-electron chi connectivity index (χ4n) is 8.06. The zero-order chi connectivity index (χ0) is 22.8. The highest BCUT2D eigenvalue weighted by Gasteiger charge is 2.57. The molecule has 12 atom stereocenters. The van der Waals surface area contributed by atoms with Gasteiger partial charge in [-0.3, -0.25) is 4.79 Å². The van der Waals surface area contributed by atoms with Crippen LogP contribution in [0.1, 0.15) is 64.7 Å². The predicted molar refractivity (Wildman–Crippen MR) is 111 cm³/mol. The summed E-state index contributed by atoms with van der Waals surface area (Å²) in [6, 6.07) is 0. The van der Waals surface area contributed by atoms with Gasteiger partial charge in [-0.05, 0) is 81.0 Å². The summed E-state index contributed by atoms with van der Waals surface area (Å²) in [6.07, 6.45) is 0.950. The number of carbonyl (C=O) groups excluding carboxylic acids is 1. The van der Waals surface area contributed by atoms with E-state index in [2.05, 4.69) is 6.92 Å². The van der Waals surface area contributed by atoms with Crippen LogP contribution in [0.25, 0.3) is 0 Å². The third-order valence-electron chi connectivity index (χ3n) is 9.75. The molecule has 1 saturated heterocycles. The molecule has 8 heteroatoms.